The third-order valence-corrected chi connectivity index (χ3v) is 3.08. The maximum absolute atomic E-state index is 11.2. The molecule has 0 bridgehead atoms. The fraction of sp³-hybridized carbons (Fsp3) is 0.231. The van der Waals surface area contributed by atoms with Crippen molar-refractivity contribution in [3.63, 3.8) is 0 Å². The van der Waals surface area contributed by atoms with E-state index in [-0.39, 0.29) is 0 Å². The van der Waals surface area contributed by atoms with E-state index in [9.17, 15) is 4.79 Å². The first-order chi connectivity index (χ1) is 9.19. The van der Waals surface area contributed by atoms with Crippen LogP contribution >= 0.6 is 0 Å². The van der Waals surface area contributed by atoms with Gasteiger partial charge in [0.05, 0.1) is 11.2 Å². The van der Waals surface area contributed by atoms with Crippen molar-refractivity contribution >= 4 is 11.1 Å². The van der Waals surface area contributed by atoms with Gasteiger partial charge < -0.3 is 9.73 Å². The van der Waals surface area contributed by atoms with Gasteiger partial charge in [0.1, 0.15) is 0 Å². The molecule has 0 radical (unpaired) electrons. The van der Waals surface area contributed by atoms with Crippen LogP contribution < -0.4 is 11.1 Å². The number of fused-ring (bicyclic) bond motifs is 1. The summed E-state index contributed by atoms with van der Waals surface area (Å²) in [6.45, 7) is 2.65. The van der Waals surface area contributed by atoms with Crippen molar-refractivity contribution in [2.24, 2.45) is 0 Å². The first kappa shape index (κ1) is 11.7. The molecule has 3 rings (SSSR count). The van der Waals surface area contributed by atoms with Crippen LogP contribution in [0.3, 0.4) is 0 Å². The molecule has 98 valence electrons. The number of aryl methyl sites for hydroxylation is 1. The van der Waals surface area contributed by atoms with E-state index in [1.54, 1.807) is 0 Å². The highest BCUT2D eigenvalue weighted by atomic mass is 16.4. The molecule has 3 N–H and O–H groups in total. The Labute approximate surface area is 108 Å². The first-order valence-corrected chi connectivity index (χ1v) is 6.00. The maximum atomic E-state index is 11.2. The number of rotatable bonds is 3. The highest BCUT2D eigenvalue weighted by Crippen LogP contribution is 2.28. The Balaban J connectivity index is 2.17. The van der Waals surface area contributed by atoms with Gasteiger partial charge in [0.25, 0.3) is 0 Å². The molecular formula is C13H14N4O2. The summed E-state index contributed by atoms with van der Waals surface area (Å²) in [7, 11) is 1.88. The van der Waals surface area contributed by atoms with Gasteiger partial charge in [0.2, 0.25) is 0 Å². The zero-order chi connectivity index (χ0) is 13.4. The van der Waals surface area contributed by atoms with E-state index in [1.807, 2.05) is 32.2 Å². The third-order valence-electron chi connectivity index (χ3n) is 3.08. The zero-order valence-corrected chi connectivity index (χ0v) is 10.7. The quantitative estimate of drug-likeness (QED) is 0.665. The van der Waals surface area contributed by atoms with Crippen molar-refractivity contribution in [3.8, 4) is 11.1 Å². The van der Waals surface area contributed by atoms with E-state index in [4.69, 9.17) is 4.42 Å². The van der Waals surface area contributed by atoms with Crippen LogP contribution in [0.4, 0.5) is 0 Å². The Morgan fingerprint density at radius 2 is 2.26 bits per heavy atom. The highest BCUT2D eigenvalue weighted by Gasteiger charge is 2.13. The third kappa shape index (κ3) is 1.96. The second kappa shape index (κ2) is 4.40. The van der Waals surface area contributed by atoms with E-state index in [0.29, 0.717) is 17.6 Å². The van der Waals surface area contributed by atoms with Crippen LogP contribution in [0, 0.1) is 6.92 Å². The van der Waals surface area contributed by atoms with Crippen molar-refractivity contribution in [1.82, 2.24) is 20.5 Å². The van der Waals surface area contributed by atoms with Gasteiger partial charge in [-0.2, -0.15) is 5.10 Å². The molecule has 0 aliphatic rings. The monoisotopic (exact) mass is 258 g/mol. The number of nitrogens with one attached hydrogen (secondary N) is 3. The Bertz CT molecular complexity index is 781. The van der Waals surface area contributed by atoms with Crippen LogP contribution in [0.2, 0.25) is 0 Å². The maximum Gasteiger partial charge on any atom is 0.417 e. The molecule has 0 unspecified atom stereocenters. The van der Waals surface area contributed by atoms with Gasteiger partial charge in [0.15, 0.2) is 5.58 Å². The molecule has 0 saturated carbocycles. The summed E-state index contributed by atoms with van der Waals surface area (Å²) in [6, 6.07) is 5.64. The highest BCUT2D eigenvalue weighted by molar-refractivity contribution is 5.81. The van der Waals surface area contributed by atoms with E-state index in [2.05, 4.69) is 20.5 Å². The number of aromatic nitrogens is 3. The summed E-state index contributed by atoms with van der Waals surface area (Å²) in [5, 5.41) is 10.3. The Kier molecular flexibility index (Phi) is 2.72. The van der Waals surface area contributed by atoms with E-state index < -0.39 is 5.76 Å². The molecule has 6 nitrogen and oxygen atoms in total. The largest absolute Gasteiger partial charge is 0.417 e. The fourth-order valence-corrected chi connectivity index (χ4v) is 2.26. The molecule has 19 heavy (non-hydrogen) atoms. The predicted octanol–water partition coefficient (Wildman–Crippen LogP) is 1.54. The van der Waals surface area contributed by atoms with E-state index in [1.165, 1.54) is 0 Å². The summed E-state index contributed by atoms with van der Waals surface area (Å²) in [5.74, 6) is -0.438. The number of nitrogens with zero attached hydrogens (tertiary/aromatic N) is 1. The van der Waals surface area contributed by atoms with Gasteiger partial charge in [-0.25, -0.2) is 4.79 Å². The molecule has 0 atom stereocenters. The molecule has 0 aliphatic heterocycles. The molecule has 6 heteroatoms. The zero-order valence-electron chi connectivity index (χ0n) is 10.7. The van der Waals surface area contributed by atoms with E-state index >= 15 is 0 Å². The van der Waals surface area contributed by atoms with Gasteiger partial charge in [-0.3, -0.25) is 10.1 Å². The Hall–Kier alpha value is -2.34. The number of benzene rings is 1. The molecule has 3 aromatic rings. The van der Waals surface area contributed by atoms with Crippen molar-refractivity contribution in [1.29, 1.82) is 0 Å². The van der Waals surface area contributed by atoms with Gasteiger partial charge in [-0.15, -0.1) is 0 Å². The van der Waals surface area contributed by atoms with Crippen LogP contribution in [0.5, 0.6) is 0 Å². The van der Waals surface area contributed by atoms with Crippen molar-refractivity contribution in [2.45, 2.75) is 13.5 Å². The minimum atomic E-state index is -0.438. The average Bonchev–Trinajstić information content (AvgIpc) is 2.91. The SMILES string of the molecule is CNCc1n[nH]c(C)c1-c1ccc2[nH]c(=O)oc2c1. The van der Waals surface area contributed by atoms with Crippen LogP contribution in [0.25, 0.3) is 22.2 Å². The molecule has 0 saturated heterocycles. The van der Waals surface area contributed by atoms with Gasteiger partial charge in [-0.1, -0.05) is 6.07 Å². The Morgan fingerprint density at radius 1 is 1.42 bits per heavy atom. The molecule has 2 heterocycles. The normalized spacial score (nSPS) is 11.3. The van der Waals surface area contributed by atoms with Crippen LogP contribution in [-0.4, -0.2) is 22.2 Å². The Morgan fingerprint density at radius 3 is 3.05 bits per heavy atom. The predicted molar refractivity (Wildman–Crippen MR) is 71.9 cm³/mol. The number of hydrogen-bond acceptors (Lipinski definition) is 4. The van der Waals surface area contributed by atoms with Crippen molar-refractivity contribution in [2.75, 3.05) is 7.05 Å². The summed E-state index contributed by atoms with van der Waals surface area (Å²) in [5.41, 5.74) is 5.20. The topological polar surface area (TPSA) is 86.7 Å². The van der Waals surface area contributed by atoms with Gasteiger partial charge in [-0.05, 0) is 31.7 Å². The fourth-order valence-electron chi connectivity index (χ4n) is 2.26. The molecule has 2 aromatic heterocycles. The molecule has 1 aromatic carbocycles. The molecule has 0 aliphatic carbocycles. The lowest BCUT2D eigenvalue weighted by Gasteiger charge is -2.03. The molecule has 0 spiro atoms. The summed E-state index contributed by atoms with van der Waals surface area (Å²) >= 11 is 0. The van der Waals surface area contributed by atoms with Gasteiger partial charge >= 0.3 is 5.76 Å². The second-order valence-corrected chi connectivity index (χ2v) is 4.43. The minimum absolute atomic E-state index is 0.438. The first-order valence-electron chi connectivity index (χ1n) is 6.00. The van der Waals surface area contributed by atoms with Crippen LogP contribution in [-0.2, 0) is 6.54 Å². The smallest absolute Gasteiger partial charge is 0.408 e. The molecule has 0 amide bonds. The standard InChI is InChI=1S/C13H14N4O2/c1-7-12(10(6-14-2)17-16-7)8-3-4-9-11(5-8)19-13(18)15-9/h3-5,14H,6H2,1-2H3,(H,15,18)(H,16,17). The lowest BCUT2D eigenvalue weighted by atomic mass is 10.0. The van der Waals surface area contributed by atoms with Crippen LogP contribution in [0.15, 0.2) is 27.4 Å². The van der Waals surface area contributed by atoms with Crippen LogP contribution in [0.1, 0.15) is 11.4 Å². The number of hydrogen-bond donors (Lipinski definition) is 3. The minimum Gasteiger partial charge on any atom is -0.408 e. The summed E-state index contributed by atoms with van der Waals surface area (Å²) in [4.78, 5) is 13.8. The number of aromatic amines is 2. The average molecular weight is 258 g/mol. The number of H-pyrrole nitrogens is 2. The lowest BCUT2D eigenvalue weighted by molar-refractivity contribution is 0.555. The van der Waals surface area contributed by atoms with Crippen molar-refractivity contribution in [3.05, 3.63) is 40.1 Å². The summed E-state index contributed by atoms with van der Waals surface area (Å²) < 4.78 is 5.09. The lowest BCUT2D eigenvalue weighted by Crippen LogP contribution is -2.06. The van der Waals surface area contributed by atoms with E-state index in [0.717, 1.165) is 22.5 Å². The summed E-state index contributed by atoms with van der Waals surface area (Å²) in [6.07, 6.45) is 0. The molecule has 0 fully saturated rings. The van der Waals surface area contributed by atoms with Gasteiger partial charge in [0, 0.05) is 17.8 Å². The molecular weight excluding hydrogens is 244 g/mol. The van der Waals surface area contributed by atoms with Crippen molar-refractivity contribution < 1.29 is 4.42 Å². The second-order valence-electron chi connectivity index (χ2n) is 4.43. The number of oxazole rings is 1.